The Kier molecular flexibility index (Phi) is 7.01. The lowest BCUT2D eigenvalue weighted by Crippen LogP contribution is -2.67. The summed E-state index contributed by atoms with van der Waals surface area (Å²) in [5.41, 5.74) is 3.84. The molecule has 1 N–H and O–H groups in total. The van der Waals surface area contributed by atoms with Gasteiger partial charge in [-0.15, -0.1) is 0 Å². The van der Waals surface area contributed by atoms with Crippen molar-refractivity contribution in [3.63, 3.8) is 0 Å². The van der Waals surface area contributed by atoms with Crippen molar-refractivity contribution in [3.05, 3.63) is 101 Å². The Morgan fingerprint density at radius 1 is 0.941 bits per heavy atom. The molecule has 2 saturated heterocycles. The fourth-order valence-corrected chi connectivity index (χ4v) is 5.39. The highest BCUT2D eigenvalue weighted by molar-refractivity contribution is 5.43. The molecular formula is C29H30FN3O. The van der Waals surface area contributed by atoms with Crippen LogP contribution >= 0.6 is 0 Å². The smallest absolute Gasteiger partial charge is 0.127 e. The van der Waals surface area contributed by atoms with E-state index in [1.54, 1.807) is 24.5 Å². The molecule has 3 heterocycles. The summed E-state index contributed by atoms with van der Waals surface area (Å²) in [4.78, 5) is 8.94. The highest BCUT2D eigenvalue weighted by Crippen LogP contribution is 2.42. The number of rotatable bonds is 4. The molecule has 0 saturated carbocycles. The highest BCUT2D eigenvalue weighted by Gasteiger charge is 2.49. The van der Waals surface area contributed by atoms with E-state index in [4.69, 9.17) is 0 Å². The van der Waals surface area contributed by atoms with Crippen molar-refractivity contribution in [2.75, 3.05) is 26.2 Å². The molecule has 34 heavy (non-hydrogen) atoms. The molecule has 2 fully saturated rings. The number of aliphatic hydroxyl groups excluding tert-OH is 1. The van der Waals surface area contributed by atoms with Crippen LogP contribution in [0, 0.1) is 17.7 Å². The summed E-state index contributed by atoms with van der Waals surface area (Å²) in [6.07, 6.45) is 5.69. The maximum Gasteiger partial charge on any atom is 0.127 e. The standard InChI is InChI=1S/C29H30FN3O/c30-26-8-2-1-7-25(26)19-32-16-3-4-17-33-27(20-32)29(28(33)21-34)24-13-11-22(12-14-24)9-10-23-6-5-15-31-18-23/h1-2,5-8,11-15,18,27-29,34H,3-4,16-17,19-21H2/t27-,28+,29+/m1/s1. The van der Waals surface area contributed by atoms with Gasteiger partial charge in [-0.05, 0) is 61.8 Å². The number of benzene rings is 2. The van der Waals surface area contributed by atoms with Gasteiger partial charge in [-0.1, -0.05) is 42.2 Å². The van der Waals surface area contributed by atoms with E-state index in [0.29, 0.717) is 12.6 Å². The predicted molar refractivity (Wildman–Crippen MR) is 132 cm³/mol. The van der Waals surface area contributed by atoms with Gasteiger partial charge < -0.3 is 5.11 Å². The normalized spacial score (nSPS) is 23.1. The second kappa shape index (κ2) is 10.5. The van der Waals surface area contributed by atoms with E-state index < -0.39 is 0 Å². The van der Waals surface area contributed by atoms with Crippen molar-refractivity contribution in [3.8, 4) is 11.8 Å². The van der Waals surface area contributed by atoms with Crippen LogP contribution in [0.25, 0.3) is 0 Å². The minimum absolute atomic E-state index is 0.130. The van der Waals surface area contributed by atoms with Crippen LogP contribution in [0.3, 0.4) is 0 Å². The number of aromatic nitrogens is 1. The summed E-state index contributed by atoms with van der Waals surface area (Å²) < 4.78 is 14.3. The first-order chi connectivity index (χ1) is 16.7. The first-order valence-electron chi connectivity index (χ1n) is 12.1. The summed E-state index contributed by atoms with van der Waals surface area (Å²) in [5.74, 6) is 6.48. The largest absolute Gasteiger partial charge is 0.395 e. The van der Waals surface area contributed by atoms with Crippen LogP contribution in [0.5, 0.6) is 0 Å². The van der Waals surface area contributed by atoms with E-state index in [1.807, 2.05) is 24.3 Å². The number of pyridine rings is 1. The van der Waals surface area contributed by atoms with E-state index in [9.17, 15) is 9.50 Å². The van der Waals surface area contributed by atoms with Crippen molar-refractivity contribution >= 4 is 0 Å². The number of hydrogen-bond donors (Lipinski definition) is 1. The molecule has 0 aliphatic carbocycles. The summed E-state index contributed by atoms with van der Waals surface area (Å²) in [5, 5.41) is 10.2. The molecule has 2 aromatic carbocycles. The fourth-order valence-electron chi connectivity index (χ4n) is 5.39. The van der Waals surface area contributed by atoms with Crippen LogP contribution in [0.4, 0.5) is 4.39 Å². The molecule has 0 unspecified atom stereocenters. The Morgan fingerprint density at radius 2 is 1.74 bits per heavy atom. The molecule has 5 rings (SSSR count). The van der Waals surface area contributed by atoms with Crippen molar-refractivity contribution in [2.45, 2.75) is 37.4 Å². The van der Waals surface area contributed by atoms with Crippen LogP contribution in [-0.2, 0) is 6.54 Å². The van der Waals surface area contributed by atoms with Gasteiger partial charge in [-0.3, -0.25) is 14.8 Å². The molecule has 0 amide bonds. The topological polar surface area (TPSA) is 39.6 Å². The van der Waals surface area contributed by atoms with Gasteiger partial charge in [0.15, 0.2) is 0 Å². The third-order valence-electron chi connectivity index (χ3n) is 7.11. The van der Waals surface area contributed by atoms with Gasteiger partial charge in [0.1, 0.15) is 5.82 Å². The Balaban J connectivity index is 1.33. The lowest BCUT2D eigenvalue weighted by Gasteiger charge is -2.57. The second-order valence-electron chi connectivity index (χ2n) is 9.23. The number of nitrogens with zero attached hydrogens (tertiary/aromatic N) is 3. The Hall–Kier alpha value is -3.04. The van der Waals surface area contributed by atoms with E-state index >= 15 is 0 Å². The monoisotopic (exact) mass is 455 g/mol. The molecule has 3 aromatic rings. The van der Waals surface area contributed by atoms with E-state index in [-0.39, 0.29) is 24.4 Å². The molecule has 5 heteroatoms. The molecule has 0 spiro atoms. The fraction of sp³-hybridized carbons (Fsp3) is 0.345. The van der Waals surface area contributed by atoms with Gasteiger partial charge >= 0.3 is 0 Å². The maximum atomic E-state index is 14.3. The summed E-state index contributed by atoms with van der Waals surface area (Å²) >= 11 is 0. The average Bonchev–Trinajstić information content (AvgIpc) is 2.86. The Bertz CT molecular complexity index is 1160. The van der Waals surface area contributed by atoms with Crippen LogP contribution in [-0.4, -0.2) is 58.2 Å². The second-order valence-corrected chi connectivity index (χ2v) is 9.23. The molecule has 0 radical (unpaired) electrons. The lowest BCUT2D eigenvalue weighted by molar-refractivity contribution is -0.0656. The molecular weight excluding hydrogens is 425 g/mol. The third-order valence-corrected chi connectivity index (χ3v) is 7.11. The average molecular weight is 456 g/mol. The molecule has 1 aromatic heterocycles. The van der Waals surface area contributed by atoms with Gasteiger partial charge in [0.05, 0.1) is 6.61 Å². The number of hydrogen-bond acceptors (Lipinski definition) is 4. The molecule has 2 aliphatic heterocycles. The molecule has 3 atom stereocenters. The van der Waals surface area contributed by atoms with Gasteiger partial charge in [-0.25, -0.2) is 4.39 Å². The van der Waals surface area contributed by atoms with Crippen molar-refractivity contribution < 1.29 is 9.50 Å². The predicted octanol–water partition coefficient (Wildman–Crippen LogP) is 4.05. The SMILES string of the molecule is OC[C@H]1[C@@H](c2ccc(C#Cc3cccnc3)cc2)[C@H]2CN(Cc3ccccc3F)CCCCN21. The maximum absolute atomic E-state index is 14.3. The van der Waals surface area contributed by atoms with Crippen LogP contribution < -0.4 is 0 Å². The Labute approximate surface area is 201 Å². The molecule has 4 nitrogen and oxygen atoms in total. The number of halogens is 1. The molecule has 174 valence electrons. The minimum atomic E-state index is -0.136. The highest BCUT2D eigenvalue weighted by atomic mass is 19.1. The van der Waals surface area contributed by atoms with Crippen molar-refractivity contribution in [2.24, 2.45) is 0 Å². The van der Waals surface area contributed by atoms with Crippen LogP contribution in [0.1, 0.15) is 41.0 Å². The summed E-state index contributed by atoms with van der Waals surface area (Å²) in [6.45, 7) is 3.62. The van der Waals surface area contributed by atoms with E-state index in [2.05, 4.69) is 50.9 Å². The lowest BCUT2D eigenvalue weighted by atomic mass is 9.74. The van der Waals surface area contributed by atoms with Gasteiger partial charge in [0.2, 0.25) is 0 Å². The quantitative estimate of drug-likeness (QED) is 0.603. The van der Waals surface area contributed by atoms with Crippen LogP contribution in [0.15, 0.2) is 73.1 Å². The van der Waals surface area contributed by atoms with Gasteiger partial charge in [0.25, 0.3) is 0 Å². The first kappa shape index (κ1) is 22.7. The molecule has 0 bridgehead atoms. The van der Waals surface area contributed by atoms with Crippen LogP contribution in [0.2, 0.25) is 0 Å². The zero-order valence-corrected chi connectivity index (χ0v) is 19.3. The zero-order valence-electron chi connectivity index (χ0n) is 19.3. The van der Waals surface area contributed by atoms with Gasteiger partial charge in [-0.2, -0.15) is 0 Å². The van der Waals surface area contributed by atoms with Crippen molar-refractivity contribution in [1.29, 1.82) is 0 Å². The first-order valence-corrected chi connectivity index (χ1v) is 12.1. The zero-order chi connectivity index (χ0) is 23.3. The van der Waals surface area contributed by atoms with E-state index in [0.717, 1.165) is 49.2 Å². The molecule has 2 aliphatic rings. The number of fused-ring (bicyclic) bond motifs is 1. The van der Waals surface area contributed by atoms with E-state index in [1.165, 1.54) is 5.56 Å². The number of aliphatic hydroxyl groups is 1. The van der Waals surface area contributed by atoms with Crippen molar-refractivity contribution in [1.82, 2.24) is 14.8 Å². The third kappa shape index (κ3) is 4.90. The summed E-state index contributed by atoms with van der Waals surface area (Å²) in [6, 6.07) is 19.8. The van der Waals surface area contributed by atoms with Gasteiger partial charge in [0, 0.05) is 60.2 Å². The minimum Gasteiger partial charge on any atom is -0.395 e. The Morgan fingerprint density at radius 3 is 2.50 bits per heavy atom. The summed E-state index contributed by atoms with van der Waals surface area (Å²) in [7, 11) is 0.